The van der Waals surface area contributed by atoms with E-state index >= 15 is 0 Å². The van der Waals surface area contributed by atoms with Gasteiger partial charge in [0.05, 0.1) is 17.2 Å². The second kappa shape index (κ2) is 5.78. The summed E-state index contributed by atoms with van der Waals surface area (Å²) in [4.78, 5) is 4.18. The predicted octanol–water partition coefficient (Wildman–Crippen LogP) is 2.42. The molecule has 8 heteroatoms. The van der Waals surface area contributed by atoms with Gasteiger partial charge in [0.1, 0.15) is 11.6 Å². The first-order valence-corrected chi connectivity index (χ1v) is 8.22. The van der Waals surface area contributed by atoms with Crippen LogP contribution in [-0.2, 0) is 0 Å². The van der Waals surface area contributed by atoms with Crippen molar-refractivity contribution in [1.29, 1.82) is 5.26 Å². The first-order chi connectivity index (χ1) is 13.3. The lowest BCUT2D eigenvalue weighted by Gasteiger charge is -2.23. The molecule has 0 spiro atoms. The molecule has 27 heavy (non-hydrogen) atoms. The van der Waals surface area contributed by atoms with Crippen LogP contribution in [0.4, 0.5) is 0 Å². The number of benzene rings is 1. The summed E-state index contributed by atoms with van der Waals surface area (Å²) in [6, 6.07) is 11.5. The average molecular weight is 359 g/mol. The highest BCUT2D eigenvalue weighted by Gasteiger charge is 2.36. The van der Waals surface area contributed by atoms with Crippen molar-refractivity contribution in [3.8, 4) is 34.7 Å². The van der Waals surface area contributed by atoms with Gasteiger partial charge in [-0.1, -0.05) is 6.07 Å². The zero-order valence-electron chi connectivity index (χ0n) is 14.0. The molecule has 0 saturated carbocycles. The van der Waals surface area contributed by atoms with Gasteiger partial charge in [-0.05, 0) is 29.8 Å². The minimum Gasteiger partial charge on any atom is -0.454 e. The highest BCUT2D eigenvalue weighted by molar-refractivity contribution is 5.73. The summed E-state index contributed by atoms with van der Waals surface area (Å²) in [6.07, 6.45) is 3.39. The van der Waals surface area contributed by atoms with Crippen molar-refractivity contribution in [2.75, 3.05) is 6.79 Å². The van der Waals surface area contributed by atoms with E-state index in [0.29, 0.717) is 23.0 Å². The highest BCUT2D eigenvalue weighted by atomic mass is 16.7. The Morgan fingerprint density at radius 1 is 1.22 bits per heavy atom. The van der Waals surface area contributed by atoms with Crippen LogP contribution in [0.2, 0.25) is 0 Å². The molecule has 0 bridgehead atoms. The SMILES string of the molecule is N#CC1=C(N)Oc2n[nH]c(-c3ccc4c(c3)OCO4)c2C1c1cccnc1. The van der Waals surface area contributed by atoms with E-state index in [-0.39, 0.29) is 12.7 Å². The lowest BCUT2D eigenvalue weighted by atomic mass is 9.84. The predicted molar refractivity (Wildman–Crippen MR) is 93.7 cm³/mol. The molecular formula is C19H13N5O3. The molecule has 1 unspecified atom stereocenters. The number of nitrogens with two attached hydrogens (primary N) is 1. The maximum atomic E-state index is 9.69. The van der Waals surface area contributed by atoms with Crippen LogP contribution < -0.4 is 19.9 Å². The molecule has 0 aliphatic carbocycles. The summed E-state index contributed by atoms with van der Waals surface area (Å²) in [5.74, 6) is 1.29. The van der Waals surface area contributed by atoms with Crippen molar-refractivity contribution < 1.29 is 14.2 Å². The van der Waals surface area contributed by atoms with E-state index in [2.05, 4.69) is 21.3 Å². The molecule has 0 amide bonds. The lowest BCUT2D eigenvalue weighted by Crippen LogP contribution is -2.21. The Morgan fingerprint density at radius 2 is 2.11 bits per heavy atom. The third-order valence-electron chi connectivity index (χ3n) is 4.62. The van der Waals surface area contributed by atoms with Crippen molar-refractivity contribution in [3.63, 3.8) is 0 Å². The summed E-state index contributed by atoms with van der Waals surface area (Å²) < 4.78 is 16.4. The van der Waals surface area contributed by atoms with E-state index in [9.17, 15) is 5.26 Å². The summed E-state index contributed by atoms with van der Waals surface area (Å²) in [7, 11) is 0. The van der Waals surface area contributed by atoms with Gasteiger partial charge >= 0.3 is 0 Å². The molecule has 2 aromatic heterocycles. The fourth-order valence-corrected chi connectivity index (χ4v) is 3.40. The lowest BCUT2D eigenvalue weighted by molar-refractivity contribution is 0.174. The van der Waals surface area contributed by atoms with Gasteiger partial charge in [0.15, 0.2) is 11.5 Å². The number of aromatic nitrogens is 3. The molecule has 3 aromatic rings. The topological polar surface area (TPSA) is 119 Å². The number of nitrogens with one attached hydrogen (secondary N) is 1. The fraction of sp³-hybridized carbons (Fsp3) is 0.105. The number of fused-ring (bicyclic) bond motifs is 2. The molecular weight excluding hydrogens is 346 g/mol. The van der Waals surface area contributed by atoms with Crippen LogP contribution in [0.15, 0.2) is 54.2 Å². The minimum absolute atomic E-state index is 0.0441. The Hall–Kier alpha value is -3.99. The number of H-pyrrole nitrogens is 1. The van der Waals surface area contributed by atoms with Crippen LogP contribution in [0.1, 0.15) is 17.0 Å². The molecule has 0 radical (unpaired) electrons. The van der Waals surface area contributed by atoms with E-state index in [4.69, 9.17) is 19.9 Å². The molecule has 5 rings (SSSR count). The summed E-state index contributed by atoms with van der Waals surface area (Å²) in [5.41, 5.74) is 9.41. The molecule has 2 aliphatic heterocycles. The van der Waals surface area contributed by atoms with Gasteiger partial charge in [0.2, 0.25) is 18.6 Å². The van der Waals surface area contributed by atoms with Gasteiger partial charge in [-0.3, -0.25) is 10.1 Å². The van der Waals surface area contributed by atoms with E-state index in [1.165, 1.54) is 0 Å². The van der Waals surface area contributed by atoms with E-state index in [0.717, 1.165) is 22.4 Å². The smallest absolute Gasteiger partial charge is 0.244 e. The first-order valence-electron chi connectivity index (χ1n) is 8.22. The molecule has 0 saturated heterocycles. The number of allylic oxidation sites excluding steroid dienone is 1. The molecule has 4 heterocycles. The maximum Gasteiger partial charge on any atom is 0.244 e. The van der Waals surface area contributed by atoms with Crippen molar-refractivity contribution in [2.24, 2.45) is 5.73 Å². The maximum absolute atomic E-state index is 9.69. The summed E-state index contributed by atoms with van der Waals surface area (Å²) >= 11 is 0. The number of rotatable bonds is 2. The van der Waals surface area contributed by atoms with Gasteiger partial charge in [-0.25, -0.2) is 0 Å². The van der Waals surface area contributed by atoms with Crippen molar-refractivity contribution in [3.05, 3.63) is 65.3 Å². The molecule has 1 atom stereocenters. The third-order valence-corrected chi connectivity index (χ3v) is 4.62. The Kier molecular flexibility index (Phi) is 3.27. The molecule has 132 valence electrons. The normalized spacial score (nSPS) is 17.2. The largest absolute Gasteiger partial charge is 0.454 e. The van der Waals surface area contributed by atoms with Crippen LogP contribution in [-0.4, -0.2) is 22.0 Å². The van der Waals surface area contributed by atoms with Gasteiger partial charge in [-0.15, -0.1) is 5.10 Å². The van der Waals surface area contributed by atoms with Gasteiger partial charge < -0.3 is 19.9 Å². The number of nitrogens with zero attached hydrogens (tertiary/aromatic N) is 3. The monoisotopic (exact) mass is 359 g/mol. The third kappa shape index (κ3) is 2.29. The zero-order valence-corrected chi connectivity index (χ0v) is 14.0. The second-order valence-electron chi connectivity index (χ2n) is 6.10. The molecule has 1 aromatic carbocycles. The Morgan fingerprint density at radius 3 is 2.93 bits per heavy atom. The first kappa shape index (κ1) is 15.3. The van der Waals surface area contributed by atoms with Crippen molar-refractivity contribution >= 4 is 0 Å². The molecule has 0 fully saturated rings. The molecule has 2 aliphatic rings. The molecule has 3 N–H and O–H groups in total. The van der Waals surface area contributed by atoms with Crippen LogP contribution in [0.5, 0.6) is 17.4 Å². The number of nitriles is 1. The van der Waals surface area contributed by atoms with Crippen molar-refractivity contribution in [1.82, 2.24) is 15.2 Å². The number of pyridine rings is 1. The number of aromatic amines is 1. The number of hydrogen-bond acceptors (Lipinski definition) is 7. The van der Waals surface area contributed by atoms with Gasteiger partial charge in [0, 0.05) is 18.0 Å². The summed E-state index contributed by atoms with van der Waals surface area (Å²) in [5, 5.41) is 17.0. The van der Waals surface area contributed by atoms with Crippen LogP contribution in [0.25, 0.3) is 11.3 Å². The Labute approximate surface area is 153 Å². The van der Waals surface area contributed by atoms with Crippen LogP contribution in [0, 0.1) is 11.3 Å². The van der Waals surface area contributed by atoms with Gasteiger partial charge in [-0.2, -0.15) is 5.26 Å². The highest BCUT2D eigenvalue weighted by Crippen LogP contribution is 2.46. The van der Waals surface area contributed by atoms with Crippen LogP contribution in [0.3, 0.4) is 0 Å². The van der Waals surface area contributed by atoms with E-state index in [1.54, 1.807) is 12.4 Å². The van der Waals surface area contributed by atoms with E-state index < -0.39 is 5.92 Å². The quantitative estimate of drug-likeness (QED) is 0.721. The zero-order chi connectivity index (χ0) is 18.4. The number of ether oxygens (including phenoxy) is 3. The summed E-state index contributed by atoms with van der Waals surface area (Å²) in [6.45, 7) is 0.194. The Bertz CT molecular complexity index is 1110. The van der Waals surface area contributed by atoms with Crippen LogP contribution >= 0.6 is 0 Å². The van der Waals surface area contributed by atoms with Gasteiger partial charge in [0.25, 0.3) is 0 Å². The van der Waals surface area contributed by atoms with E-state index in [1.807, 2.05) is 30.3 Å². The number of hydrogen-bond donors (Lipinski definition) is 2. The average Bonchev–Trinajstić information content (AvgIpc) is 3.33. The minimum atomic E-state index is -0.438. The second-order valence-corrected chi connectivity index (χ2v) is 6.10. The van der Waals surface area contributed by atoms with Crippen molar-refractivity contribution in [2.45, 2.75) is 5.92 Å². The fourth-order valence-electron chi connectivity index (χ4n) is 3.40. The molecule has 8 nitrogen and oxygen atoms in total. The standard InChI is InChI=1S/C19H13N5O3/c20-7-12-15(11-2-1-5-22-8-11)16-17(23-24-19(16)27-18(12)21)10-3-4-13-14(6-10)26-9-25-13/h1-6,8,15H,9,21H2,(H,23,24). The Balaban J connectivity index is 1.71.